The van der Waals surface area contributed by atoms with Crippen LogP contribution in [0.2, 0.25) is 0 Å². The van der Waals surface area contributed by atoms with E-state index in [4.69, 9.17) is 16.0 Å². The van der Waals surface area contributed by atoms with Gasteiger partial charge in [0, 0.05) is 6.07 Å². The molecule has 1 heterocycles. The molecule has 42 heavy (non-hydrogen) atoms. The second-order valence-corrected chi connectivity index (χ2v) is 13.8. The lowest BCUT2D eigenvalue weighted by molar-refractivity contribution is 0.284. The number of aromatic nitrogens is 1. The summed E-state index contributed by atoms with van der Waals surface area (Å²) in [5.74, 6) is -1.61. The molecule has 1 aromatic heterocycles. The monoisotopic (exact) mass is 665 g/mol. The van der Waals surface area contributed by atoms with Gasteiger partial charge in [0.2, 0.25) is 0 Å². The number of sulfone groups is 1. The molecule has 7 N–H and O–H groups in total. The summed E-state index contributed by atoms with van der Waals surface area (Å²) in [7, 11) is -19.1. The first kappa shape index (κ1) is 32.5. The molecule has 0 atom stereocenters. The van der Waals surface area contributed by atoms with Gasteiger partial charge >= 0.3 is 10.4 Å². The van der Waals surface area contributed by atoms with E-state index in [-0.39, 0.29) is 28.7 Å². The van der Waals surface area contributed by atoms with E-state index in [1.165, 1.54) is 18.2 Å². The largest absolute Gasteiger partial charge is 0.397 e. The van der Waals surface area contributed by atoms with Gasteiger partial charge in [-0.2, -0.15) is 25.3 Å². The van der Waals surface area contributed by atoms with Crippen LogP contribution in [0.3, 0.4) is 0 Å². The highest BCUT2D eigenvalue weighted by Crippen LogP contribution is 2.35. The van der Waals surface area contributed by atoms with Crippen molar-refractivity contribution >= 4 is 74.9 Å². The molecule has 0 fully saturated rings. The average Bonchev–Trinajstić information content (AvgIpc) is 2.85. The first-order chi connectivity index (χ1) is 19.3. The van der Waals surface area contributed by atoms with Gasteiger partial charge in [0.15, 0.2) is 21.5 Å². The molecule has 3 rings (SSSR count). The van der Waals surface area contributed by atoms with E-state index in [1.54, 1.807) is 0 Å². The normalized spacial score (nSPS) is 13.2. The van der Waals surface area contributed by atoms with Gasteiger partial charge in [-0.15, -0.1) is 20.5 Å². The third-order valence-corrected chi connectivity index (χ3v) is 8.79. The molecule has 226 valence electrons. The van der Waals surface area contributed by atoms with E-state index in [9.17, 15) is 42.8 Å². The van der Waals surface area contributed by atoms with Crippen molar-refractivity contribution in [3.63, 3.8) is 0 Å². The Morgan fingerprint density at radius 2 is 1.17 bits per heavy atom. The van der Waals surface area contributed by atoms with E-state index in [1.807, 2.05) is 0 Å². The van der Waals surface area contributed by atoms with Crippen LogP contribution in [0, 0.1) is 0 Å². The van der Waals surface area contributed by atoms with Crippen molar-refractivity contribution in [3.05, 3.63) is 48.5 Å². The van der Waals surface area contributed by atoms with Gasteiger partial charge in [0.05, 0.1) is 17.3 Å². The van der Waals surface area contributed by atoms with E-state index in [0.717, 1.165) is 24.3 Å². The second-order valence-electron chi connectivity index (χ2n) is 7.81. The summed E-state index contributed by atoms with van der Waals surface area (Å²) >= 11 is 0. The summed E-state index contributed by atoms with van der Waals surface area (Å²) in [4.78, 5) is 1.56. The number of hydrogen-bond donors (Lipinski definition) is 5. The summed E-state index contributed by atoms with van der Waals surface area (Å²) in [6.07, 6.45) is 0. The number of azo groups is 2. The Morgan fingerprint density at radius 3 is 1.69 bits per heavy atom. The molecule has 0 spiro atoms. The first-order valence-electron chi connectivity index (χ1n) is 10.7. The summed E-state index contributed by atoms with van der Waals surface area (Å²) in [6.45, 7) is -0.992. The number of pyridine rings is 1. The van der Waals surface area contributed by atoms with Crippen LogP contribution >= 0.6 is 0 Å². The van der Waals surface area contributed by atoms with E-state index in [0.29, 0.717) is 6.07 Å². The van der Waals surface area contributed by atoms with Crippen LogP contribution in [0.1, 0.15) is 0 Å². The quantitative estimate of drug-likeness (QED) is 0.145. The molecule has 0 radical (unpaired) electrons. The summed E-state index contributed by atoms with van der Waals surface area (Å²) in [6, 6.07) is 8.41. The molecule has 2 aromatic carbocycles. The van der Waals surface area contributed by atoms with Crippen molar-refractivity contribution in [1.29, 1.82) is 0 Å². The van der Waals surface area contributed by atoms with Gasteiger partial charge in [-0.3, -0.25) is 13.7 Å². The summed E-state index contributed by atoms with van der Waals surface area (Å²) in [5, 5.41) is 14.9. The van der Waals surface area contributed by atoms with Crippen LogP contribution in [0.15, 0.2) is 83.7 Å². The zero-order chi connectivity index (χ0) is 31.5. The number of benzene rings is 2. The van der Waals surface area contributed by atoms with Crippen LogP contribution in [0.25, 0.3) is 0 Å². The molecule has 19 nitrogen and oxygen atoms in total. The fourth-order valence-electron chi connectivity index (χ4n) is 3.00. The fourth-order valence-corrected chi connectivity index (χ4v) is 5.86. The number of hydrogen-bond acceptors (Lipinski definition) is 16. The maximum absolute atomic E-state index is 12.5. The number of nitrogens with zero attached hydrogens (tertiary/aromatic N) is 5. The van der Waals surface area contributed by atoms with Gasteiger partial charge < -0.3 is 11.5 Å². The SMILES string of the molecule is Nc1nc(N)c(/N=N/c2ccc(S(=O)(=O)CCOS(=O)(=O)O)cc2S(=O)(=O)O)cc1/N=N/c1ccccc1S(=O)(=O)O. The third-order valence-electron chi connectivity index (χ3n) is 4.87. The molecular formula is C19H19N7O12S4. The molecular weight excluding hydrogens is 647 g/mol. The molecule has 0 aliphatic heterocycles. The maximum atomic E-state index is 12.5. The lowest BCUT2D eigenvalue weighted by Gasteiger charge is -2.08. The molecule has 0 unspecified atom stereocenters. The second kappa shape index (κ2) is 12.1. The molecule has 0 aliphatic rings. The molecule has 23 heteroatoms. The number of anilines is 2. The zero-order valence-electron chi connectivity index (χ0n) is 20.6. The highest BCUT2D eigenvalue weighted by Gasteiger charge is 2.23. The fraction of sp³-hybridized carbons (Fsp3) is 0.105. The van der Waals surface area contributed by atoms with Gasteiger partial charge in [-0.1, -0.05) is 12.1 Å². The van der Waals surface area contributed by atoms with Crippen LogP contribution in [-0.2, 0) is 44.7 Å². The minimum atomic E-state index is -5.10. The molecule has 0 saturated carbocycles. The van der Waals surface area contributed by atoms with Crippen LogP contribution in [0.5, 0.6) is 0 Å². The van der Waals surface area contributed by atoms with E-state index >= 15 is 0 Å². The van der Waals surface area contributed by atoms with E-state index in [2.05, 4.69) is 29.6 Å². The number of rotatable bonds is 11. The minimum Gasteiger partial charge on any atom is -0.382 e. The highest BCUT2D eigenvalue weighted by atomic mass is 32.3. The topological polar surface area (TPSA) is 321 Å². The molecule has 0 bridgehead atoms. The Morgan fingerprint density at radius 1 is 0.667 bits per heavy atom. The van der Waals surface area contributed by atoms with Crippen LogP contribution in [-0.4, -0.2) is 64.7 Å². The lowest BCUT2D eigenvalue weighted by atomic mass is 10.3. The predicted molar refractivity (Wildman–Crippen MR) is 143 cm³/mol. The Balaban J connectivity index is 1.99. The Kier molecular flexibility index (Phi) is 9.38. The molecule has 3 aromatic rings. The van der Waals surface area contributed by atoms with Gasteiger partial charge in [0.1, 0.15) is 32.5 Å². The van der Waals surface area contributed by atoms with Crippen molar-refractivity contribution in [2.45, 2.75) is 14.7 Å². The van der Waals surface area contributed by atoms with Crippen molar-refractivity contribution in [1.82, 2.24) is 4.98 Å². The van der Waals surface area contributed by atoms with Gasteiger partial charge in [-0.25, -0.2) is 17.6 Å². The summed E-state index contributed by atoms with van der Waals surface area (Å²) in [5.41, 5.74) is 10.3. The van der Waals surface area contributed by atoms with Crippen molar-refractivity contribution < 1.29 is 51.5 Å². The van der Waals surface area contributed by atoms with Crippen molar-refractivity contribution in [2.75, 3.05) is 23.8 Å². The Hall–Kier alpha value is -3.97. The van der Waals surface area contributed by atoms with E-state index < -0.39 is 73.2 Å². The number of nitrogens with two attached hydrogens (primary N) is 2. The third kappa shape index (κ3) is 8.52. The highest BCUT2D eigenvalue weighted by molar-refractivity contribution is 7.91. The predicted octanol–water partition coefficient (Wildman–Crippen LogP) is 2.16. The Bertz CT molecular complexity index is 2030. The van der Waals surface area contributed by atoms with Gasteiger partial charge in [-0.05, 0) is 30.3 Å². The standard InChI is InChI=1S/C19H19N7O12S4/c20-18-14(25-23-12-3-1-2-4-16(12)40(29,30)31)10-15(19(21)22-18)26-24-13-6-5-11(9-17(13)41(32,33)34)39(27,28)8-7-38-42(35,36)37/h1-6,9-10H,7-8H2,(H4,20,21,22)(H,29,30,31)(H,32,33,34)(H,35,36,37)/b25-23+,26-24+. The summed E-state index contributed by atoms with van der Waals surface area (Å²) < 4.78 is 125. The molecule has 0 amide bonds. The van der Waals surface area contributed by atoms with Crippen LogP contribution < -0.4 is 11.5 Å². The number of nitrogen functional groups attached to an aromatic ring is 2. The molecule has 0 saturated heterocycles. The molecule has 0 aliphatic carbocycles. The zero-order valence-corrected chi connectivity index (χ0v) is 23.8. The smallest absolute Gasteiger partial charge is 0.382 e. The van der Waals surface area contributed by atoms with Crippen molar-refractivity contribution in [2.24, 2.45) is 20.5 Å². The maximum Gasteiger partial charge on any atom is 0.397 e. The van der Waals surface area contributed by atoms with Gasteiger partial charge in [0.25, 0.3) is 20.2 Å². The van der Waals surface area contributed by atoms with Crippen LogP contribution in [0.4, 0.5) is 34.4 Å². The minimum absolute atomic E-state index is 0.202. The lowest BCUT2D eigenvalue weighted by Crippen LogP contribution is -2.16. The average molecular weight is 666 g/mol. The Labute approximate surface area is 238 Å². The van der Waals surface area contributed by atoms with Crippen molar-refractivity contribution in [3.8, 4) is 0 Å². The first-order valence-corrected chi connectivity index (χ1v) is 16.6.